The second-order valence-corrected chi connectivity index (χ2v) is 0. The van der Waals surface area contributed by atoms with E-state index in [0.29, 0.717) is 0 Å². The van der Waals surface area contributed by atoms with Crippen molar-refractivity contribution < 1.29 is 101 Å². The van der Waals surface area contributed by atoms with Gasteiger partial charge in [0.15, 0.2) is 0 Å². The molecule has 0 N–H and O–H groups in total. The van der Waals surface area contributed by atoms with Gasteiger partial charge in [0.1, 0.15) is 0 Å². The summed E-state index contributed by atoms with van der Waals surface area (Å²) in [4.78, 5) is 0. The maximum Gasteiger partial charge on any atom is 0 e. The van der Waals surface area contributed by atoms with E-state index in [2.05, 4.69) is 0 Å². The van der Waals surface area contributed by atoms with Crippen molar-refractivity contribution >= 4 is 0 Å². The van der Waals surface area contributed by atoms with Crippen LogP contribution in [0.2, 0.25) is 0 Å². The van der Waals surface area contributed by atoms with E-state index in [9.17, 15) is 0 Å². The third-order valence-corrected chi connectivity index (χ3v) is 0. The molecular weight excluding hydrogens is 477 g/mol. The molecule has 0 aliphatic heterocycles. The van der Waals surface area contributed by atoms with Gasteiger partial charge in [0.05, 0.1) is 0 Å². The van der Waals surface area contributed by atoms with Gasteiger partial charge in [-0.05, 0) is 0 Å². The molecule has 0 aromatic carbocycles. The van der Waals surface area contributed by atoms with Gasteiger partial charge in [-0.3, -0.25) is 0 Å². The van der Waals surface area contributed by atoms with E-state index in [4.69, 9.17) is 0 Å². The van der Waals surface area contributed by atoms with Gasteiger partial charge >= 0.3 is 0 Å². The summed E-state index contributed by atoms with van der Waals surface area (Å²) in [7, 11) is 0. The second kappa shape index (κ2) is 16.2. The van der Waals surface area contributed by atoms with Crippen molar-refractivity contribution in [2.24, 2.45) is 0 Å². The van der Waals surface area contributed by atoms with Crippen molar-refractivity contribution in [3.05, 3.63) is 0 Å². The third kappa shape index (κ3) is 9.00. The molecule has 0 radical (unpaired) electrons. The van der Waals surface area contributed by atoms with Gasteiger partial charge in [0.2, 0.25) is 0 Å². The van der Waals surface area contributed by atoms with E-state index in [1.807, 2.05) is 0 Å². The van der Waals surface area contributed by atoms with Crippen LogP contribution in [0.15, 0.2) is 0 Å². The zero-order valence-corrected chi connectivity index (χ0v) is 8.23. The van der Waals surface area contributed by atoms with E-state index in [-0.39, 0.29) is 101 Å². The van der Waals surface area contributed by atoms with Gasteiger partial charge in [0, 0.05) is 101 Å². The quantitative estimate of drug-likeness (QED) is 0.432. The molecule has 38 valence electrons. The first kappa shape index (κ1) is 26.6. The van der Waals surface area contributed by atoms with Crippen LogP contribution in [-0.2, 0) is 61.3 Å². The molecule has 0 aromatic heterocycles. The van der Waals surface area contributed by atoms with Crippen LogP contribution < -0.4 is 0 Å². The van der Waals surface area contributed by atoms with Gasteiger partial charge in [-0.25, -0.2) is 0 Å². The number of hydrogen-bond acceptors (Lipinski definition) is 0. The fourth-order valence-corrected chi connectivity index (χ4v) is 0. The Bertz CT molecular complexity index is 3.25. The SMILES string of the molecule is [Gd].[Pd].[Pd].[Pd]. The maximum absolute atomic E-state index is 0. The number of rotatable bonds is 0. The first-order chi connectivity index (χ1) is 0. The molecule has 4 heavy (non-hydrogen) atoms. The third-order valence-electron chi connectivity index (χ3n) is 0. The van der Waals surface area contributed by atoms with E-state index in [1.165, 1.54) is 0 Å². The topological polar surface area (TPSA) is 0 Å². The fraction of sp³-hybridized carbons (Fsp3) is 0. The Kier molecular flexibility index (Phi) is 108. The molecule has 0 fully saturated rings. The fourth-order valence-electron chi connectivity index (χ4n) is 0. The predicted octanol–water partition coefficient (Wildman–Crippen LogP) is -0.00750. The van der Waals surface area contributed by atoms with E-state index >= 15 is 0 Å². The zero-order valence-electron chi connectivity index (χ0n) is 1.30. The zero-order chi connectivity index (χ0) is 0. The first-order valence-corrected chi connectivity index (χ1v) is 0. The van der Waals surface area contributed by atoms with Gasteiger partial charge in [0.25, 0.3) is 0 Å². The predicted molar refractivity (Wildman–Crippen MR) is 0 cm³/mol. The molecule has 0 unspecified atom stereocenters. The Balaban J connectivity index is 0. The van der Waals surface area contributed by atoms with Crippen molar-refractivity contribution in [3.8, 4) is 0 Å². The van der Waals surface area contributed by atoms with Crippen LogP contribution in [0, 0.1) is 39.9 Å². The normalized spacial score (nSPS) is 0. The van der Waals surface area contributed by atoms with E-state index in [1.54, 1.807) is 0 Å². The summed E-state index contributed by atoms with van der Waals surface area (Å²) in [6, 6.07) is 0. The smallest absolute Gasteiger partial charge is 0 e. The minimum absolute atomic E-state index is 0. The summed E-state index contributed by atoms with van der Waals surface area (Å²) < 4.78 is 0. The Morgan fingerprint density at radius 1 is 0.500 bits per heavy atom. The molecule has 0 aliphatic rings. The first-order valence-electron chi connectivity index (χ1n) is 0. The monoisotopic (exact) mass is 476 g/mol. The largest absolute Gasteiger partial charge is 0 e. The summed E-state index contributed by atoms with van der Waals surface area (Å²) in [5, 5.41) is 0. The van der Waals surface area contributed by atoms with Crippen LogP contribution in [0.3, 0.4) is 0 Å². The summed E-state index contributed by atoms with van der Waals surface area (Å²) in [6.45, 7) is 0. The molecule has 0 saturated carbocycles. The second-order valence-electron chi connectivity index (χ2n) is 0. The summed E-state index contributed by atoms with van der Waals surface area (Å²) in [5.74, 6) is 0. The van der Waals surface area contributed by atoms with Crippen LogP contribution in [-0.4, -0.2) is 0 Å². The van der Waals surface area contributed by atoms with Crippen molar-refractivity contribution in [2.45, 2.75) is 0 Å². The van der Waals surface area contributed by atoms with Crippen molar-refractivity contribution in [2.75, 3.05) is 0 Å². The molecule has 0 saturated heterocycles. The van der Waals surface area contributed by atoms with E-state index in [0.717, 1.165) is 0 Å². The van der Waals surface area contributed by atoms with Gasteiger partial charge in [-0.2, -0.15) is 0 Å². The minimum atomic E-state index is 0. The molecule has 0 amide bonds. The van der Waals surface area contributed by atoms with Crippen LogP contribution in [0.5, 0.6) is 0 Å². The Labute approximate surface area is 98.9 Å². The molecule has 0 rings (SSSR count). The molecule has 0 bridgehead atoms. The molecule has 0 spiro atoms. The molecule has 0 aromatic rings. The molecule has 4 heteroatoms. The summed E-state index contributed by atoms with van der Waals surface area (Å²) in [6.07, 6.45) is 0. The van der Waals surface area contributed by atoms with Gasteiger partial charge in [-0.15, -0.1) is 0 Å². The van der Waals surface area contributed by atoms with Crippen LogP contribution in [0.25, 0.3) is 0 Å². The van der Waals surface area contributed by atoms with E-state index < -0.39 is 0 Å². The Morgan fingerprint density at radius 2 is 0.500 bits per heavy atom. The van der Waals surface area contributed by atoms with Crippen molar-refractivity contribution in [3.63, 3.8) is 0 Å². The molecule has 0 heterocycles. The summed E-state index contributed by atoms with van der Waals surface area (Å²) >= 11 is 0. The van der Waals surface area contributed by atoms with Crippen molar-refractivity contribution in [1.29, 1.82) is 0 Å². The standard InChI is InChI=1S/Gd.3Pd. The van der Waals surface area contributed by atoms with Gasteiger partial charge in [-0.1, -0.05) is 0 Å². The van der Waals surface area contributed by atoms with Crippen LogP contribution >= 0.6 is 0 Å². The summed E-state index contributed by atoms with van der Waals surface area (Å²) in [5.41, 5.74) is 0. The molecular formula is GdPd3. The number of hydrogen-bond donors (Lipinski definition) is 0. The van der Waals surface area contributed by atoms with Gasteiger partial charge < -0.3 is 0 Å². The van der Waals surface area contributed by atoms with Crippen molar-refractivity contribution in [1.82, 2.24) is 0 Å². The minimum Gasteiger partial charge on any atom is 0 e. The Hall–Kier alpha value is 3.31. The molecule has 0 atom stereocenters. The van der Waals surface area contributed by atoms with Crippen LogP contribution in [0.1, 0.15) is 0 Å². The average Bonchev–Trinajstić information content (AvgIpc) is 0. The average molecular weight is 477 g/mol. The Morgan fingerprint density at radius 3 is 0.500 bits per heavy atom. The molecule has 0 aliphatic carbocycles. The van der Waals surface area contributed by atoms with Crippen LogP contribution in [0.4, 0.5) is 0 Å². The molecule has 0 nitrogen and oxygen atoms in total. The maximum atomic E-state index is 0.